The summed E-state index contributed by atoms with van der Waals surface area (Å²) in [6.45, 7) is 0.706. The van der Waals surface area contributed by atoms with Gasteiger partial charge in [0.05, 0.1) is 23.1 Å². The van der Waals surface area contributed by atoms with Gasteiger partial charge < -0.3 is 9.47 Å². The lowest BCUT2D eigenvalue weighted by Gasteiger charge is -2.15. The zero-order valence-corrected chi connectivity index (χ0v) is 11.5. The van der Waals surface area contributed by atoms with Crippen molar-refractivity contribution >= 4 is 29.6 Å². The summed E-state index contributed by atoms with van der Waals surface area (Å²) in [5.74, 6) is 0.313. The number of imidazole rings is 1. The molecule has 5 heteroatoms. The summed E-state index contributed by atoms with van der Waals surface area (Å²) in [7, 11) is 3.78. The Labute approximate surface area is 112 Å². The van der Waals surface area contributed by atoms with E-state index in [1.165, 1.54) is 5.56 Å². The quantitative estimate of drug-likeness (QED) is 0.849. The van der Waals surface area contributed by atoms with Crippen LogP contribution in [0.4, 0.5) is 0 Å². The number of amides is 1. The highest BCUT2D eigenvalue weighted by molar-refractivity contribution is 7.81. The standard InChI is InChI=1S/C13H17N3OS/c1-15(13(17)8-18)6-5-10-3-4-12-11(7-10)14-9-16(12)2/h3-4,7,9,18H,5-6,8H2,1-2H3. The highest BCUT2D eigenvalue weighted by atomic mass is 32.1. The molecule has 1 amide bonds. The Morgan fingerprint density at radius 3 is 3.00 bits per heavy atom. The Morgan fingerprint density at radius 1 is 1.50 bits per heavy atom. The van der Waals surface area contributed by atoms with Gasteiger partial charge in [0, 0.05) is 20.6 Å². The molecule has 1 aromatic heterocycles. The Hall–Kier alpha value is -1.49. The molecule has 0 aliphatic carbocycles. The molecule has 0 radical (unpaired) electrons. The topological polar surface area (TPSA) is 38.1 Å². The maximum atomic E-state index is 11.4. The van der Waals surface area contributed by atoms with Gasteiger partial charge in [0.2, 0.25) is 5.91 Å². The van der Waals surface area contributed by atoms with E-state index in [4.69, 9.17) is 0 Å². The summed E-state index contributed by atoms with van der Waals surface area (Å²) < 4.78 is 2.00. The second kappa shape index (κ2) is 5.44. The third-order valence-corrected chi connectivity index (χ3v) is 3.36. The highest BCUT2D eigenvalue weighted by Crippen LogP contribution is 2.14. The average Bonchev–Trinajstić information content (AvgIpc) is 2.76. The second-order valence-electron chi connectivity index (χ2n) is 4.40. The summed E-state index contributed by atoms with van der Waals surface area (Å²) in [6, 6.07) is 6.23. The van der Waals surface area contributed by atoms with Crippen LogP contribution in [0.15, 0.2) is 24.5 Å². The number of fused-ring (bicyclic) bond motifs is 1. The first kappa shape index (κ1) is 13.0. The van der Waals surface area contributed by atoms with E-state index in [-0.39, 0.29) is 11.7 Å². The van der Waals surface area contributed by atoms with Gasteiger partial charge in [0.1, 0.15) is 0 Å². The number of rotatable bonds is 4. The van der Waals surface area contributed by atoms with Crippen molar-refractivity contribution in [3.63, 3.8) is 0 Å². The van der Waals surface area contributed by atoms with Gasteiger partial charge in [0.25, 0.3) is 0 Å². The van der Waals surface area contributed by atoms with Gasteiger partial charge in [-0.1, -0.05) is 6.07 Å². The number of aromatic nitrogens is 2. The molecule has 1 aromatic carbocycles. The molecule has 0 fully saturated rings. The largest absolute Gasteiger partial charge is 0.345 e. The SMILES string of the molecule is CN(CCc1ccc2c(c1)ncn2C)C(=O)CS. The minimum atomic E-state index is 0.0530. The molecular formula is C13H17N3OS. The third-order valence-electron chi connectivity index (χ3n) is 3.09. The minimum Gasteiger partial charge on any atom is -0.345 e. The van der Waals surface area contributed by atoms with Crippen LogP contribution >= 0.6 is 12.6 Å². The van der Waals surface area contributed by atoms with Crippen molar-refractivity contribution < 1.29 is 4.79 Å². The second-order valence-corrected chi connectivity index (χ2v) is 4.72. The van der Waals surface area contributed by atoms with Crippen molar-refractivity contribution in [3.05, 3.63) is 30.1 Å². The smallest absolute Gasteiger partial charge is 0.232 e. The Kier molecular flexibility index (Phi) is 3.91. The molecule has 2 rings (SSSR count). The van der Waals surface area contributed by atoms with Crippen molar-refractivity contribution in [2.75, 3.05) is 19.3 Å². The van der Waals surface area contributed by atoms with Crippen LogP contribution < -0.4 is 0 Å². The Morgan fingerprint density at radius 2 is 2.28 bits per heavy atom. The first-order chi connectivity index (χ1) is 8.61. The number of carbonyl (C=O) groups is 1. The van der Waals surface area contributed by atoms with Crippen LogP contribution in [0, 0.1) is 0 Å². The van der Waals surface area contributed by atoms with Gasteiger partial charge in [-0.25, -0.2) is 4.98 Å². The van der Waals surface area contributed by atoms with E-state index >= 15 is 0 Å². The Balaban J connectivity index is 2.06. The fourth-order valence-corrected chi connectivity index (χ4v) is 2.12. The van der Waals surface area contributed by atoms with Crippen LogP contribution in [-0.4, -0.2) is 39.7 Å². The normalized spacial score (nSPS) is 10.8. The minimum absolute atomic E-state index is 0.0530. The molecule has 0 spiro atoms. The lowest BCUT2D eigenvalue weighted by Crippen LogP contribution is -2.29. The lowest BCUT2D eigenvalue weighted by atomic mass is 10.1. The summed E-state index contributed by atoms with van der Waals surface area (Å²) in [6.07, 6.45) is 2.65. The van der Waals surface area contributed by atoms with E-state index in [9.17, 15) is 4.79 Å². The van der Waals surface area contributed by atoms with E-state index in [1.54, 1.807) is 11.9 Å². The van der Waals surface area contributed by atoms with Gasteiger partial charge in [-0.2, -0.15) is 12.6 Å². The fraction of sp³-hybridized carbons (Fsp3) is 0.385. The van der Waals surface area contributed by atoms with Gasteiger partial charge >= 0.3 is 0 Å². The van der Waals surface area contributed by atoms with Crippen LogP contribution in [0.25, 0.3) is 11.0 Å². The van der Waals surface area contributed by atoms with Crippen molar-refractivity contribution in [1.82, 2.24) is 14.5 Å². The molecule has 1 heterocycles. The average molecular weight is 263 g/mol. The van der Waals surface area contributed by atoms with Crippen molar-refractivity contribution in [1.29, 1.82) is 0 Å². The van der Waals surface area contributed by atoms with Crippen molar-refractivity contribution in [2.45, 2.75) is 6.42 Å². The molecule has 2 aromatic rings. The third kappa shape index (κ3) is 2.67. The summed E-state index contributed by atoms with van der Waals surface area (Å²) in [5, 5.41) is 0. The molecular weight excluding hydrogens is 246 g/mol. The molecule has 4 nitrogen and oxygen atoms in total. The first-order valence-electron chi connectivity index (χ1n) is 5.86. The zero-order valence-electron chi connectivity index (χ0n) is 10.6. The predicted octanol–water partition coefficient (Wildman–Crippen LogP) is 1.50. The molecule has 0 saturated carbocycles. The Bertz CT molecular complexity index is 564. The van der Waals surface area contributed by atoms with Crippen LogP contribution in [0.2, 0.25) is 0 Å². The summed E-state index contributed by atoms with van der Waals surface area (Å²) in [5.41, 5.74) is 3.32. The van der Waals surface area contributed by atoms with Crippen LogP contribution in [0.1, 0.15) is 5.56 Å². The molecule has 0 bridgehead atoms. The molecule has 0 atom stereocenters. The predicted molar refractivity (Wildman–Crippen MR) is 75.9 cm³/mol. The molecule has 96 valence electrons. The van der Waals surface area contributed by atoms with E-state index < -0.39 is 0 Å². The van der Waals surface area contributed by atoms with E-state index in [2.05, 4.69) is 35.8 Å². The van der Waals surface area contributed by atoms with Crippen molar-refractivity contribution in [3.8, 4) is 0 Å². The maximum absolute atomic E-state index is 11.4. The number of carbonyl (C=O) groups excluding carboxylic acids is 1. The van der Waals surface area contributed by atoms with E-state index in [0.717, 1.165) is 17.5 Å². The maximum Gasteiger partial charge on any atom is 0.232 e. The molecule has 18 heavy (non-hydrogen) atoms. The van der Waals surface area contributed by atoms with Gasteiger partial charge in [0.15, 0.2) is 0 Å². The molecule has 0 aliphatic heterocycles. The number of thiol groups is 1. The molecule has 0 N–H and O–H groups in total. The van der Waals surface area contributed by atoms with Gasteiger partial charge in [-0.3, -0.25) is 4.79 Å². The number of benzene rings is 1. The molecule has 0 aliphatic rings. The van der Waals surface area contributed by atoms with Gasteiger partial charge in [-0.15, -0.1) is 0 Å². The van der Waals surface area contributed by atoms with E-state index in [1.807, 2.05) is 17.9 Å². The number of aryl methyl sites for hydroxylation is 1. The first-order valence-corrected chi connectivity index (χ1v) is 6.50. The fourth-order valence-electron chi connectivity index (χ4n) is 1.88. The monoisotopic (exact) mass is 263 g/mol. The highest BCUT2D eigenvalue weighted by Gasteiger charge is 2.07. The van der Waals surface area contributed by atoms with Crippen molar-refractivity contribution in [2.24, 2.45) is 7.05 Å². The van der Waals surface area contributed by atoms with Crippen LogP contribution in [0.3, 0.4) is 0 Å². The van der Waals surface area contributed by atoms with Crippen LogP contribution in [-0.2, 0) is 18.3 Å². The number of hydrogen-bond donors (Lipinski definition) is 1. The number of nitrogens with zero attached hydrogens (tertiary/aromatic N) is 3. The van der Waals surface area contributed by atoms with E-state index in [0.29, 0.717) is 6.54 Å². The molecule has 0 saturated heterocycles. The number of likely N-dealkylation sites (N-methyl/N-ethyl adjacent to an activating group) is 1. The summed E-state index contributed by atoms with van der Waals surface area (Å²) in [4.78, 5) is 17.4. The van der Waals surface area contributed by atoms with Crippen LogP contribution in [0.5, 0.6) is 0 Å². The summed E-state index contributed by atoms with van der Waals surface area (Å²) >= 11 is 3.98. The molecule has 0 unspecified atom stereocenters. The lowest BCUT2D eigenvalue weighted by molar-refractivity contribution is -0.127. The zero-order chi connectivity index (χ0) is 13.1. The number of hydrogen-bond acceptors (Lipinski definition) is 3. The van der Waals surface area contributed by atoms with Gasteiger partial charge in [-0.05, 0) is 24.1 Å².